The fraction of sp³-hybridized carbons (Fsp3) is 0.182. The van der Waals surface area contributed by atoms with E-state index < -0.39 is 0 Å². The molecule has 0 bridgehead atoms. The fourth-order valence-corrected chi connectivity index (χ4v) is 2.04. The second kappa shape index (κ2) is 3.90. The van der Waals surface area contributed by atoms with Crippen molar-refractivity contribution in [3.05, 3.63) is 29.1 Å². The third kappa shape index (κ3) is 1.80. The molecule has 1 aromatic heterocycles. The third-order valence-electron chi connectivity index (χ3n) is 2.32. The van der Waals surface area contributed by atoms with Gasteiger partial charge in [0.1, 0.15) is 0 Å². The summed E-state index contributed by atoms with van der Waals surface area (Å²) < 4.78 is 9.31. The number of benzene rings is 1. The number of aromatic nitrogens is 1. The molecule has 0 aliphatic carbocycles. The van der Waals surface area contributed by atoms with Gasteiger partial charge in [0.2, 0.25) is 5.88 Å². The molecule has 0 fully saturated rings. The number of nitrogens with two attached hydrogens (primary N) is 1. The van der Waals surface area contributed by atoms with Crippen LogP contribution < -0.4 is 10.5 Å². The van der Waals surface area contributed by atoms with Crippen LogP contribution >= 0.6 is 11.5 Å². The monoisotopic (exact) mass is 220 g/mol. The summed E-state index contributed by atoms with van der Waals surface area (Å²) in [6, 6.07) is 5.97. The Kier molecular flexibility index (Phi) is 2.60. The molecule has 4 heteroatoms. The molecule has 2 aromatic rings. The molecule has 0 radical (unpaired) electrons. The number of anilines is 1. The van der Waals surface area contributed by atoms with E-state index in [0.717, 1.165) is 22.4 Å². The van der Waals surface area contributed by atoms with Crippen LogP contribution in [0.2, 0.25) is 0 Å². The Morgan fingerprint density at radius 2 is 2.20 bits per heavy atom. The highest BCUT2D eigenvalue weighted by molar-refractivity contribution is 7.04. The minimum Gasteiger partial charge on any atom is -0.480 e. The van der Waals surface area contributed by atoms with Crippen molar-refractivity contribution in [3.8, 4) is 17.0 Å². The Bertz CT molecular complexity index is 479. The summed E-state index contributed by atoms with van der Waals surface area (Å²) in [4.78, 5) is 0. The summed E-state index contributed by atoms with van der Waals surface area (Å²) >= 11 is 1.38. The molecule has 15 heavy (non-hydrogen) atoms. The van der Waals surface area contributed by atoms with Crippen LogP contribution in [-0.2, 0) is 0 Å². The first-order valence-electron chi connectivity index (χ1n) is 4.57. The first-order chi connectivity index (χ1) is 7.22. The van der Waals surface area contributed by atoms with Crippen molar-refractivity contribution < 1.29 is 4.74 Å². The first kappa shape index (κ1) is 9.98. The number of aryl methyl sites for hydroxylation is 1. The lowest BCUT2D eigenvalue weighted by molar-refractivity contribution is 0.404. The van der Waals surface area contributed by atoms with E-state index >= 15 is 0 Å². The number of nitrogen functional groups attached to an aromatic ring is 1. The van der Waals surface area contributed by atoms with Gasteiger partial charge in [-0.1, -0.05) is 12.1 Å². The minimum atomic E-state index is 0.656. The van der Waals surface area contributed by atoms with E-state index in [1.165, 1.54) is 11.5 Å². The van der Waals surface area contributed by atoms with Crippen LogP contribution in [0, 0.1) is 6.92 Å². The summed E-state index contributed by atoms with van der Waals surface area (Å²) in [5, 5.41) is 1.96. The number of hydrogen-bond donors (Lipinski definition) is 1. The van der Waals surface area contributed by atoms with Crippen LogP contribution in [0.3, 0.4) is 0 Å². The molecule has 0 saturated heterocycles. The molecule has 0 aliphatic heterocycles. The molecule has 0 saturated carbocycles. The third-order valence-corrected chi connectivity index (χ3v) is 2.93. The number of ether oxygens (including phenoxy) is 1. The van der Waals surface area contributed by atoms with Crippen LogP contribution in [0.4, 0.5) is 5.69 Å². The van der Waals surface area contributed by atoms with Gasteiger partial charge in [0, 0.05) is 11.1 Å². The molecular formula is C11H12N2OS. The highest BCUT2D eigenvalue weighted by Crippen LogP contribution is 2.32. The Morgan fingerprint density at radius 3 is 2.87 bits per heavy atom. The predicted octanol–water partition coefficient (Wildman–Crippen LogP) is 2.71. The van der Waals surface area contributed by atoms with Crippen LogP contribution in [0.15, 0.2) is 23.6 Å². The molecular weight excluding hydrogens is 208 g/mol. The summed E-state index contributed by atoms with van der Waals surface area (Å²) in [7, 11) is 1.62. The lowest BCUT2D eigenvalue weighted by atomic mass is 10.1. The highest BCUT2D eigenvalue weighted by Gasteiger charge is 2.09. The predicted molar refractivity (Wildman–Crippen MR) is 63.3 cm³/mol. The number of rotatable bonds is 2. The van der Waals surface area contributed by atoms with E-state index in [0.29, 0.717) is 5.88 Å². The quantitative estimate of drug-likeness (QED) is 0.791. The number of nitrogens with zero attached hydrogens (tertiary/aromatic N) is 1. The number of methoxy groups -OCH3 is 1. The largest absolute Gasteiger partial charge is 0.480 e. The summed E-state index contributed by atoms with van der Waals surface area (Å²) in [5.74, 6) is 0.656. The Morgan fingerprint density at radius 1 is 1.40 bits per heavy atom. The topological polar surface area (TPSA) is 48.1 Å². The van der Waals surface area contributed by atoms with E-state index in [1.54, 1.807) is 7.11 Å². The van der Waals surface area contributed by atoms with Gasteiger partial charge in [0.15, 0.2) is 0 Å². The average molecular weight is 220 g/mol. The molecule has 0 atom stereocenters. The smallest absolute Gasteiger partial charge is 0.232 e. The molecule has 1 aromatic carbocycles. The van der Waals surface area contributed by atoms with Crippen LogP contribution in [0.1, 0.15) is 5.56 Å². The average Bonchev–Trinajstić information content (AvgIpc) is 2.70. The first-order valence-corrected chi connectivity index (χ1v) is 5.41. The second-order valence-corrected chi connectivity index (χ2v) is 3.94. The van der Waals surface area contributed by atoms with E-state index in [2.05, 4.69) is 4.37 Å². The molecule has 3 nitrogen and oxygen atoms in total. The molecule has 2 N–H and O–H groups in total. The maximum Gasteiger partial charge on any atom is 0.232 e. The maximum absolute atomic E-state index is 5.86. The molecule has 0 unspecified atom stereocenters. The van der Waals surface area contributed by atoms with Crippen LogP contribution in [0.25, 0.3) is 11.1 Å². The molecule has 0 amide bonds. The lowest BCUT2D eigenvalue weighted by Crippen LogP contribution is -1.90. The molecule has 2 rings (SSSR count). The van der Waals surface area contributed by atoms with Crippen molar-refractivity contribution in [1.82, 2.24) is 4.37 Å². The second-order valence-electron chi connectivity index (χ2n) is 3.31. The van der Waals surface area contributed by atoms with Gasteiger partial charge in [-0.3, -0.25) is 0 Å². The van der Waals surface area contributed by atoms with Crippen molar-refractivity contribution in [2.75, 3.05) is 12.8 Å². The summed E-state index contributed by atoms with van der Waals surface area (Å²) in [5.41, 5.74) is 9.78. The van der Waals surface area contributed by atoms with Crippen molar-refractivity contribution in [2.24, 2.45) is 0 Å². The Hall–Kier alpha value is -1.55. The van der Waals surface area contributed by atoms with Crippen LogP contribution in [0.5, 0.6) is 5.88 Å². The van der Waals surface area contributed by atoms with Gasteiger partial charge in [-0.05, 0) is 35.6 Å². The highest BCUT2D eigenvalue weighted by atomic mass is 32.1. The lowest BCUT2D eigenvalue weighted by Gasteiger charge is -2.04. The van der Waals surface area contributed by atoms with Gasteiger partial charge in [-0.2, -0.15) is 4.37 Å². The van der Waals surface area contributed by atoms with Crippen molar-refractivity contribution in [1.29, 1.82) is 0 Å². The number of hydrogen-bond acceptors (Lipinski definition) is 4. The summed E-state index contributed by atoms with van der Waals surface area (Å²) in [6.45, 7) is 1.99. The zero-order chi connectivity index (χ0) is 10.8. The van der Waals surface area contributed by atoms with Crippen molar-refractivity contribution in [2.45, 2.75) is 6.92 Å². The molecule has 1 heterocycles. The Labute approximate surface area is 92.7 Å². The zero-order valence-corrected chi connectivity index (χ0v) is 9.47. The normalized spacial score (nSPS) is 10.3. The van der Waals surface area contributed by atoms with Gasteiger partial charge in [0.25, 0.3) is 0 Å². The van der Waals surface area contributed by atoms with E-state index in [4.69, 9.17) is 10.5 Å². The van der Waals surface area contributed by atoms with E-state index in [9.17, 15) is 0 Å². The van der Waals surface area contributed by atoms with Gasteiger partial charge in [-0.15, -0.1) is 0 Å². The molecule has 0 spiro atoms. The van der Waals surface area contributed by atoms with Gasteiger partial charge in [0.05, 0.1) is 12.7 Å². The summed E-state index contributed by atoms with van der Waals surface area (Å²) in [6.07, 6.45) is 0. The minimum absolute atomic E-state index is 0.656. The SMILES string of the molecule is COc1nscc1-c1ccc(C)c(N)c1. The van der Waals surface area contributed by atoms with E-state index in [1.807, 2.05) is 30.5 Å². The van der Waals surface area contributed by atoms with Gasteiger partial charge >= 0.3 is 0 Å². The van der Waals surface area contributed by atoms with Crippen molar-refractivity contribution >= 4 is 17.2 Å². The standard InChI is InChI=1S/C11H12N2OS/c1-7-3-4-8(5-10(7)12)9-6-15-13-11(9)14-2/h3-6H,12H2,1-2H3. The van der Waals surface area contributed by atoms with Gasteiger partial charge < -0.3 is 10.5 Å². The van der Waals surface area contributed by atoms with Crippen LogP contribution in [-0.4, -0.2) is 11.5 Å². The fourth-order valence-electron chi connectivity index (χ4n) is 1.37. The van der Waals surface area contributed by atoms with Crippen molar-refractivity contribution in [3.63, 3.8) is 0 Å². The zero-order valence-electron chi connectivity index (χ0n) is 8.65. The maximum atomic E-state index is 5.86. The molecule has 0 aliphatic rings. The molecule has 78 valence electrons. The van der Waals surface area contributed by atoms with Gasteiger partial charge in [-0.25, -0.2) is 0 Å². The van der Waals surface area contributed by atoms with E-state index in [-0.39, 0.29) is 0 Å². The Balaban J connectivity index is 2.50.